The van der Waals surface area contributed by atoms with E-state index >= 15 is 0 Å². The van der Waals surface area contributed by atoms with Crippen LogP contribution in [0.25, 0.3) is 0 Å². The predicted octanol–water partition coefficient (Wildman–Crippen LogP) is 1.37. The van der Waals surface area contributed by atoms with Gasteiger partial charge in [-0.1, -0.05) is 0 Å². The van der Waals surface area contributed by atoms with Crippen molar-refractivity contribution in [2.75, 3.05) is 26.7 Å². The second-order valence-corrected chi connectivity index (χ2v) is 4.07. The van der Waals surface area contributed by atoms with Gasteiger partial charge in [-0.15, -0.1) is 0 Å². The molecule has 0 amide bonds. The Morgan fingerprint density at radius 1 is 1.56 bits per heavy atom. The summed E-state index contributed by atoms with van der Waals surface area (Å²) in [4.78, 5) is 1.76. The quantitative estimate of drug-likeness (QED) is 0.800. The SMILES string of the molecule is CNCC1CCCN1CC(C#N)C(F)(F)F. The molecular weight excluding hydrogens is 219 g/mol. The summed E-state index contributed by atoms with van der Waals surface area (Å²) in [6.07, 6.45) is -2.61. The molecule has 2 unspecified atom stereocenters. The Balaban J connectivity index is 2.55. The molecule has 1 saturated heterocycles. The number of halogens is 3. The number of likely N-dealkylation sites (tertiary alicyclic amines) is 1. The molecule has 0 bridgehead atoms. The minimum absolute atomic E-state index is 0.128. The van der Waals surface area contributed by atoms with Crippen LogP contribution in [0.5, 0.6) is 0 Å². The standard InChI is InChI=1S/C10H16F3N3/c1-15-6-9-3-2-4-16(9)7-8(5-14)10(11,12)13/h8-9,15H,2-4,6-7H2,1H3. The Kier molecular flexibility index (Phi) is 4.56. The molecule has 0 aromatic carbocycles. The van der Waals surface area contributed by atoms with Crippen molar-refractivity contribution in [1.29, 1.82) is 5.26 Å². The van der Waals surface area contributed by atoms with Crippen molar-refractivity contribution in [1.82, 2.24) is 10.2 Å². The van der Waals surface area contributed by atoms with Crippen LogP contribution in [0.15, 0.2) is 0 Å². The van der Waals surface area contributed by atoms with Crippen LogP contribution in [0.4, 0.5) is 13.2 Å². The highest BCUT2D eigenvalue weighted by molar-refractivity contribution is 4.93. The molecule has 0 aliphatic carbocycles. The Labute approximate surface area is 93.2 Å². The minimum atomic E-state index is -4.42. The molecule has 2 atom stereocenters. The van der Waals surface area contributed by atoms with Gasteiger partial charge in [0.2, 0.25) is 0 Å². The Morgan fingerprint density at radius 2 is 2.25 bits per heavy atom. The Morgan fingerprint density at radius 3 is 2.75 bits per heavy atom. The first-order valence-corrected chi connectivity index (χ1v) is 5.34. The van der Waals surface area contributed by atoms with Gasteiger partial charge in [-0.25, -0.2) is 0 Å². The van der Waals surface area contributed by atoms with Crippen LogP contribution >= 0.6 is 0 Å². The second kappa shape index (κ2) is 5.51. The molecule has 1 N–H and O–H groups in total. The van der Waals surface area contributed by atoms with Gasteiger partial charge in [0, 0.05) is 19.1 Å². The van der Waals surface area contributed by atoms with Gasteiger partial charge in [0.05, 0.1) is 6.07 Å². The molecule has 6 heteroatoms. The fourth-order valence-electron chi connectivity index (χ4n) is 2.05. The van der Waals surface area contributed by atoms with Crippen molar-refractivity contribution in [3.8, 4) is 6.07 Å². The average Bonchev–Trinajstić information content (AvgIpc) is 2.60. The molecule has 92 valence electrons. The maximum atomic E-state index is 12.4. The zero-order chi connectivity index (χ0) is 12.2. The van der Waals surface area contributed by atoms with Gasteiger partial charge in [-0.3, -0.25) is 4.90 Å². The molecule has 0 radical (unpaired) electrons. The lowest BCUT2D eigenvalue weighted by Gasteiger charge is -2.26. The molecule has 0 aromatic rings. The van der Waals surface area contributed by atoms with Crippen molar-refractivity contribution in [2.45, 2.75) is 25.1 Å². The van der Waals surface area contributed by atoms with E-state index in [1.54, 1.807) is 11.9 Å². The van der Waals surface area contributed by atoms with Gasteiger partial charge >= 0.3 is 6.18 Å². The summed E-state index contributed by atoms with van der Waals surface area (Å²) in [5, 5.41) is 11.5. The van der Waals surface area contributed by atoms with Gasteiger partial charge in [0.25, 0.3) is 0 Å². The summed E-state index contributed by atoms with van der Waals surface area (Å²) in [6.45, 7) is 1.13. The molecule has 16 heavy (non-hydrogen) atoms. The van der Waals surface area contributed by atoms with E-state index in [-0.39, 0.29) is 12.6 Å². The Hall–Kier alpha value is -0.800. The van der Waals surface area contributed by atoms with Gasteiger partial charge in [0.1, 0.15) is 0 Å². The topological polar surface area (TPSA) is 39.1 Å². The molecule has 0 spiro atoms. The van der Waals surface area contributed by atoms with Gasteiger partial charge in [0.15, 0.2) is 5.92 Å². The molecule has 1 fully saturated rings. The monoisotopic (exact) mass is 235 g/mol. The van der Waals surface area contributed by atoms with E-state index in [2.05, 4.69) is 5.32 Å². The predicted molar refractivity (Wildman–Crippen MR) is 53.7 cm³/mol. The van der Waals surface area contributed by atoms with Crippen molar-refractivity contribution < 1.29 is 13.2 Å². The minimum Gasteiger partial charge on any atom is -0.318 e. The normalized spacial score (nSPS) is 24.3. The lowest BCUT2D eigenvalue weighted by atomic mass is 10.1. The van der Waals surface area contributed by atoms with E-state index in [0.717, 1.165) is 12.8 Å². The maximum absolute atomic E-state index is 12.4. The number of hydrogen-bond donors (Lipinski definition) is 1. The summed E-state index contributed by atoms with van der Waals surface area (Å²) in [5.41, 5.74) is 0. The largest absolute Gasteiger partial charge is 0.405 e. The summed E-state index contributed by atoms with van der Waals surface area (Å²) < 4.78 is 37.3. The highest BCUT2D eigenvalue weighted by Crippen LogP contribution is 2.28. The molecule has 0 saturated carbocycles. The second-order valence-electron chi connectivity index (χ2n) is 4.07. The fraction of sp³-hybridized carbons (Fsp3) is 0.900. The number of nitrogens with zero attached hydrogens (tertiary/aromatic N) is 2. The summed E-state index contributed by atoms with van der Waals surface area (Å²) in [6, 6.07) is 1.47. The van der Waals surface area contributed by atoms with E-state index in [0.29, 0.717) is 13.1 Å². The van der Waals surface area contributed by atoms with Gasteiger partial charge in [-0.05, 0) is 26.4 Å². The third-order valence-corrected chi connectivity index (χ3v) is 2.91. The number of likely N-dealkylation sites (N-methyl/N-ethyl adjacent to an activating group) is 1. The Bertz CT molecular complexity index is 259. The molecule has 0 aromatic heterocycles. The summed E-state index contributed by atoms with van der Waals surface area (Å²) in [5.74, 6) is -1.87. The number of rotatable bonds is 4. The van der Waals surface area contributed by atoms with Crippen LogP contribution in [0.3, 0.4) is 0 Å². The molecule has 1 rings (SSSR count). The van der Waals surface area contributed by atoms with Crippen molar-refractivity contribution in [3.63, 3.8) is 0 Å². The van der Waals surface area contributed by atoms with Crippen LogP contribution in [-0.4, -0.2) is 43.8 Å². The smallest absolute Gasteiger partial charge is 0.318 e. The first-order chi connectivity index (χ1) is 7.49. The summed E-state index contributed by atoms with van der Waals surface area (Å²) in [7, 11) is 1.78. The van der Waals surface area contributed by atoms with Crippen LogP contribution < -0.4 is 5.32 Å². The average molecular weight is 235 g/mol. The van der Waals surface area contributed by atoms with E-state index in [1.165, 1.54) is 6.07 Å². The van der Waals surface area contributed by atoms with Crippen molar-refractivity contribution >= 4 is 0 Å². The van der Waals surface area contributed by atoms with Crippen molar-refractivity contribution in [2.24, 2.45) is 5.92 Å². The summed E-state index contributed by atoms with van der Waals surface area (Å²) >= 11 is 0. The van der Waals surface area contributed by atoms with Gasteiger partial charge in [-0.2, -0.15) is 18.4 Å². The van der Waals surface area contributed by atoms with E-state index in [1.807, 2.05) is 0 Å². The molecule has 1 aliphatic rings. The zero-order valence-electron chi connectivity index (χ0n) is 9.22. The maximum Gasteiger partial charge on any atom is 0.405 e. The van der Waals surface area contributed by atoms with Crippen LogP contribution in [0.2, 0.25) is 0 Å². The lowest BCUT2D eigenvalue weighted by Crippen LogP contribution is -2.42. The highest BCUT2D eigenvalue weighted by Gasteiger charge is 2.42. The highest BCUT2D eigenvalue weighted by atomic mass is 19.4. The van der Waals surface area contributed by atoms with Crippen molar-refractivity contribution in [3.05, 3.63) is 0 Å². The molecule has 3 nitrogen and oxygen atoms in total. The van der Waals surface area contributed by atoms with Crippen LogP contribution in [0.1, 0.15) is 12.8 Å². The molecule has 1 aliphatic heterocycles. The van der Waals surface area contributed by atoms with E-state index in [9.17, 15) is 13.2 Å². The first kappa shape index (κ1) is 13.3. The third-order valence-electron chi connectivity index (χ3n) is 2.91. The lowest BCUT2D eigenvalue weighted by molar-refractivity contribution is -0.163. The number of hydrogen-bond acceptors (Lipinski definition) is 3. The molecule has 1 heterocycles. The number of nitrogens with one attached hydrogen (secondary N) is 1. The number of nitriles is 1. The fourth-order valence-corrected chi connectivity index (χ4v) is 2.05. The first-order valence-electron chi connectivity index (χ1n) is 5.34. The van der Waals surface area contributed by atoms with Gasteiger partial charge < -0.3 is 5.32 Å². The van der Waals surface area contributed by atoms with E-state index < -0.39 is 12.1 Å². The van der Waals surface area contributed by atoms with Crippen LogP contribution in [-0.2, 0) is 0 Å². The third kappa shape index (κ3) is 3.35. The molecular formula is C10H16F3N3. The zero-order valence-corrected chi connectivity index (χ0v) is 9.22. The van der Waals surface area contributed by atoms with Crippen LogP contribution in [0, 0.1) is 17.2 Å². The number of alkyl halides is 3. The van der Waals surface area contributed by atoms with E-state index in [4.69, 9.17) is 5.26 Å².